The van der Waals surface area contributed by atoms with Crippen molar-refractivity contribution in [2.24, 2.45) is 0 Å². The van der Waals surface area contributed by atoms with Crippen LogP contribution in [-0.2, 0) is 0 Å². The van der Waals surface area contributed by atoms with E-state index in [1.807, 2.05) is 0 Å². The summed E-state index contributed by atoms with van der Waals surface area (Å²) in [4.78, 5) is 0. The molecular formula is C10H25N3. The molecule has 0 saturated heterocycles. The van der Waals surface area contributed by atoms with E-state index in [0.29, 0.717) is 6.17 Å². The summed E-state index contributed by atoms with van der Waals surface area (Å²) >= 11 is 0. The van der Waals surface area contributed by atoms with E-state index < -0.39 is 0 Å². The Hall–Kier alpha value is -0.120. The fraction of sp³-hybridized carbons (Fsp3) is 1.00. The van der Waals surface area contributed by atoms with E-state index in [9.17, 15) is 0 Å². The molecule has 0 aliphatic heterocycles. The lowest BCUT2D eigenvalue weighted by molar-refractivity contribution is 0.358. The normalized spacial score (nSPS) is 13.2. The second kappa shape index (κ2) is 9.96. The first-order chi connectivity index (χ1) is 6.35. The predicted molar refractivity (Wildman–Crippen MR) is 58.4 cm³/mol. The van der Waals surface area contributed by atoms with Crippen LogP contribution in [0.3, 0.4) is 0 Å². The van der Waals surface area contributed by atoms with E-state index in [-0.39, 0.29) is 0 Å². The number of hydrazine groups is 1. The number of hydrogen-bond acceptors (Lipinski definition) is 3. The van der Waals surface area contributed by atoms with E-state index in [0.717, 1.165) is 19.5 Å². The van der Waals surface area contributed by atoms with Crippen molar-refractivity contribution in [2.45, 2.75) is 52.6 Å². The van der Waals surface area contributed by atoms with Gasteiger partial charge in [-0.3, -0.25) is 5.43 Å². The molecule has 0 saturated carbocycles. The Morgan fingerprint density at radius 2 is 1.77 bits per heavy atom. The summed E-state index contributed by atoms with van der Waals surface area (Å²) in [5.74, 6) is 0. The lowest BCUT2D eigenvalue weighted by Gasteiger charge is -2.18. The van der Waals surface area contributed by atoms with Gasteiger partial charge < -0.3 is 5.32 Å². The van der Waals surface area contributed by atoms with Crippen LogP contribution in [0.5, 0.6) is 0 Å². The molecule has 0 aliphatic rings. The van der Waals surface area contributed by atoms with Gasteiger partial charge in [-0.1, -0.05) is 27.2 Å². The molecule has 0 fully saturated rings. The minimum absolute atomic E-state index is 0.414. The van der Waals surface area contributed by atoms with Crippen molar-refractivity contribution in [1.29, 1.82) is 0 Å². The summed E-state index contributed by atoms with van der Waals surface area (Å²) in [5.41, 5.74) is 6.51. The molecule has 0 bridgehead atoms. The highest BCUT2D eigenvalue weighted by Crippen LogP contribution is 1.85. The third-order valence-electron chi connectivity index (χ3n) is 1.98. The average Bonchev–Trinajstić information content (AvgIpc) is 2.17. The van der Waals surface area contributed by atoms with Gasteiger partial charge in [0.1, 0.15) is 0 Å². The third-order valence-corrected chi connectivity index (χ3v) is 1.98. The Balaban J connectivity index is 3.25. The lowest BCUT2D eigenvalue weighted by Crippen LogP contribution is -2.49. The zero-order valence-corrected chi connectivity index (χ0v) is 9.32. The van der Waals surface area contributed by atoms with Gasteiger partial charge in [0.25, 0.3) is 0 Å². The van der Waals surface area contributed by atoms with Crippen molar-refractivity contribution < 1.29 is 0 Å². The summed E-state index contributed by atoms with van der Waals surface area (Å²) < 4.78 is 0. The minimum atomic E-state index is 0.414. The van der Waals surface area contributed by atoms with Gasteiger partial charge in [0.05, 0.1) is 6.17 Å². The van der Waals surface area contributed by atoms with E-state index in [1.165, 1.54) is 19.3 Å². The molecule has 0 radical (unpaired) electrons. The highest BCUT2D eigenvalue weighted by Gasteiger charge is 2.01. The van der Waals surface area contributed by atoms with Crippen LogP contribution in [0.4, 0.5) is 0 Å². The Kier molecular flexibility index (Phi) is 9.87. The Morgan fingerprint density at radius 3 is 2.31 bits per heavy atom. The van der Waals surface area contributed by atoms with Crippen molar-refractivity contribution in [2.75, 3.05) is 13.1 Å². The van der Waals surface area contributed by atoms with Gasteiger partial charge in [-0.05, 0) is 25.8 Å². The van der Waals surface area contributed by atoms with Crippen LogP contribution in [0.25, 0.3) is 0 Å². The zero-order chi connectivity index (χ0) is 9.94. The van der Waals surface area contributed by atoms with Crippen LogP contribution in [0.15, 0.2) is 0 Å². The molecule has 80 valence electrons. The van der Waals surface area contributed by atoms with Crippen LogP contribution in [0.1, 0.15) is 46.5 Å². The smallest absolute Gasteiger partial charge is 0.0701 e. The third kappa shape index (κ3) is 8.22. The second-order valence-electron chi connectivity index (χ2n) is 3.34. The quantitative estimate of drug-likeness (QED) is 0.292. The van der Waals surface area contributed by atoms with Gasteiger partial charge in [-0.25, -0.2) is 5.43 Å². The summed E-state index contributed by atoms with van der Waals surface area (Å²) in [6.45, 7) is 8.71. The molecular weight excluding hydrogens is 162 g/mol. The van der Waals surface area contributed by atoms with E-state index >= 15 is 0 Å². The van der Waals surface area contributed by atoms with Crippen molar-refractivity contribution in [3.05, 3.63) is 0 Å². The molecule has 0 aromatic carbocycles. The summed E-state index contributed by atoms with van der Waals surface area (Å²) in [7, 11) is 0. The summed E-state index contributed by atoms with van der Waals surface area (Å²) in [5, 5.41) is 3.42. The molecule has 13 heavy (non-hydrogen) atoms. The second-order valence-corrected chi connectivity index (χ2v) is 3.34. The van der Waals surface area contributed by atoms with Crippen LogP contribution in [0, 0.1) is 0 Å². The van der Waals surface area contributed by atoms with E-state index in [2.05, 4.69) is 36.9 Å². The molecule has 0 amide bonds. The van der Waals surface area contributed by atoms with Gasteiger partial charge in [-0.15, -0.1) is 0 Å². The van der Waals surface area contributed by atoms with E-state index in [4.69, 9.17) is 0 Å². The first-order valence-electron chi connectivity index (χ1n) is 5.56. The minimum Gasteiger partial charge on any atom is -0.301 e. The van der Waals surface area contributed by atoms with Crippen molar-refractivity contribution in [3.63, 3.8) is 0 Å². The molecule has 3 N–H and O–H groups in total. The van der Waals surface area contributed by atoms with E-state index in [1.54, 1.807) is 0 Å². The maximum absolute atomic E-state index is 3.42. The molecule has 0 spiro atoms. The van der Waals surface area contributed by atoms with Gasteiger partial charge in [0.2, 0.25) is 0 Å². The molecule has 3 nitrogen and oxygen atoms in total. The van der Waals surface area contributed by atoms with Crippen LogP contribution < -0.4 is 16.2 Å². The first kappa shape index (κ1) is 12.9. The Morgan fingerprint density at radius 1 is 1.00 bits per heavy atom. The fourth-order valence-electron chi connectivity index (χ4n) is 1.08. The summed E-state index contributed by atoms with van der Waals surface area (Å²) in [6, 6.07) is 0. The number of nitrogens with one attached hydrogen (secondary N) is 3. The standard InChI is InChI=1S/C10H25N3/c1-4-7-9-12-13-10(6-3)11-8-5-2/h10-13H,4-9H2,1-3H3. The maximum atomic E-state index is 3.42. The molecule has 0 rings (SSSR count). The van der Waals surface area contributed by atoms with Gasteiger partial charge in [0, 0.05) is 6.54 Å². The average molecular weight is 187 g/mol. The molecule has 0 aromatic heterocycles. The topological polar surface area (TPSA) is 36.1 Å². The molecule has 0 aromatic rings. The Bertz CT molecular complexity index is 96.2. The number of hydrogen-bond donors (Lipinski definition) is 3. The SMILES string of the molecule is CCCCNNC(CC)NCCC. The Labute approximate surface area is 82.6 Å². The van der Waals surface area contributed by atoms with Crippen LogP contribution in [-0.4, -0.2) is 19.3 Å². The molecule has 0 aliphatic carbocycles. The summed E-state index contributed by atoms with van der Waals surface area (Å²) in [6.07, 6.45) is 5.19. The van der Waals surface area contributed by atoms with Gasteiger partial charge in [-0.2, -0.15) is 0 Å². The van der Waals surface area contributed by atoms with Gasteiger partial charge >= 0.3 is 0 Å². The molecule has 1 unspecified atom stereocenters. The predicted octanol–water partition coefficient (Wildman–Crippen LogP) is 1.62. The monoisotopic (exact) mass is 187 g/mol. The fourth-order valence-corrected chi connectivity index (χ4v) is 1.08. The first-order valence-corrected chi connectivity index (χ1v) is 5.56. The molecule has 0 heterocycles. The van der Waals surface area contributed by atoms with Crippen LogP contribution >= 0.6 is 0 Å². The molecule has 1 atom stereocenters. The zero-order valence-electron chi connectivity index (χ0n) is 9.32. The number of rotatable bonds is 9. The number of unbranched alkanes of at least 4 members (excludes halogenated alkanes) is 1. The highest BCUT2D eigenvalue weighted by atomic mass is 15.4. The van der Waals surface area contributed by atoms with Crippen molar-refractivity contribution in [1.82, 2.24) is 16.2 Å². The van der Waals surface area contributed by atoms with Crippen molar-refractivity contribution in [3.8, 4) is 0 Å². The highest BCUT2D eigenvalue weighted by molar-refractivity contribution is 4.58. The van der Waals surface area contributed by atoms with Crippen LogP contribution in [0.2, 0.25) is 0 Å². The largest absolute Gasteiger partial charge is 0.301 e. The van der Waals surface area contributed by atoms with Crippen molar-refractivity contribution >= 4 is 0 Å². The maximum Gasteiger partial charge on any atom is 0.0701 e. The van der Waals surface area contributed by atoms with Gasteiger partial charge in [0.15, 0.2) is 0 Å². The lowest BCUT2D eigenvalue weighted by atomic mass is 10.3. The molecule has 3 heteroatoms.